The zero-order valence-corrected chi connectivity index (χ0v) is 6.89. The maximum absolute atomic E-state index is 5.66. The average molecular weight is 156 g/mol. The van der Waals surface area contributed by atoms with Crippen molar-refractivity contribution in [2.75, 3.05) is 0 Å². The summed E-state index contributed by atoms with van der Waals surface area (Å²) in [5, 5.41) is 0.543. The van der Waals surface area contributed by atoms with Crippen molar-refractivity contribution < 1.29 is 0 Å². The van der Waals surface area contributed by atoms with Crippen molar-refractivity contribution in [3.8, 4) is 0 Å². The third-order valence-corrected chi connectivity index (χ3v) is 1.58. The third kappa shape index (κ3) is 1.99. The second-order valence-corrected chi connectivity index (χ2v) is 3.31. The van der Waals surface area contributed by atoms with Crippen molar-refractivity contribution in [1.82, 2.24) is 0 Å². The molecule has 1 aliphatic heterocycles. The highest BCUT2D eigenvalue weighted by Crippen LogP contribution is 2.20. The highest BCUT2D eigenvalue weighted by molar-refractivity contribution is 6.68. The van der Waals surface area contributed by atoms with E-state index < -0.39 is 0 Å². The summed E-state index contributed by atoms with van der Waals surface area (Å²) in [6, 6.07) is 0. The molecule has 0 aliphatic carbocycles. The second-order valence-electron chi connectivity index (χ2n) is 2.92. The van der Waals surface area contributed by atoms with E-state index in [2.05, 4.69) is 18.8 Å². The summed E-state index contributed by atoms with van der Waals surface area (Å²) in [4.78, 5) is 3.93. The van der Waals surface area contributed by atoms with Gasteiger partial charge in [-0.3, -0.25) is 0 Å². The number of rotatable bonds is 0. The minimum atomic E-state index is 0.0835. The Balaban J connectivity index is 2.88. The molecule has 0 radical (unpaired) electrons. The molecular weight excluding hydrogens is 146 g/mol. The van der Waals surface area contributed by atoms with Crippen LogP contribution < -0.4 is 0 Å². The number of nitrogens with zero attached hydrogens (tertiary/aromatic N) is 1. The molecule has 0 amide bonds. The van der Waals surface area contributed by atoms with Gasteiger partial charge in [0.2, 0.25) is 0 Å². The Kier molecular flexibility index (Phi) is 1.95. The summed E-state index contributed by atoms with van der Waals surface area (Å²) < 4.78 is 0. The lowest BCUT2D eigenvalue weighted by Gasteiger charge is -2.11. The van der Waals surface area contributed by atoms with Crippen LogP contribution in [0.3, 0.4) is 0 Å². The Morgan fingerprint density at radius 3 is 2.80 bits per heavy atom. The first-order valence-corrected chi connectivity index (χ1v) is 3.58. The minimum Gasteiger partial charge on any atom is -0.245 e. The summed E-state index contributed by atoms with van der Waals surface area (Å²) >= 11 is 5.66. The van der Waals surface area contributed by atoms with Gasteiger partial charge in [-0.05, 0) is 6.08 Å². The molecule has 0 aromatic rings. The second kappa shape index (κ2) is 2.59. The van der Waals surface area contributed by atoms with E-state index in [0.29, 0.717) is 5.17 Å². The van der Waals surface area contributed by atoms with Gasteiger partial charge in [-0.25, -0.2) is 4.99 Å². The number of hydrogen-bond donors (Lipinski definition) is 0. The minimum absolute atomic E-state index is 0.0835. The Morgan fingerprint density at radius 1 is 1.40 bits per heavy atom. The zero-order valence-electron chi connectivity index (χ0n) is 6.13. The molecule has 1 rings (SSSR count). The van der Waals surface area contributed by atoms with Crippen LogP contribution in [-0.4, -0.2) is 5.17 Å². The summed E-state index contributed by atoms with van der Waals surface area (Å²) in [5.41, 5.74) is 0.0835. The predicted molar refractivity (Wildman–Crippen MR) is 45.3 cm³/mol. The Bertz CT molecular complexity index is 211. The van der Waals surface area contributed by atoms with Gasteiger partial charge in [0.05, 0.1) is 0 Å². The van der Waals surface area contributed by atoms with Gasteiger partial charge in [-0.2, -0.15) is 0 Å². The standard InChI is InChI=1S/C8H10ClN/c1-8(2)4-3-7(9)10-6-5-8/h3-6H,1-2H3. The van der Waals surface area contributed by atoms with Crippen molar-refractivity contribution in [2.45, 2.75) is 13.8 Å². The van der Waals surface area contributed by atoms with Gasteiger partial charge >= 0.3 is 0 Å². The molecule has 0 N–H and O–H groups in total. The zero-order chi connectivity index (χ0) is 7.61. The van der Waals surface area contributed by atoms with Crippen molar-refractivity contribution in [2.24, 2.45) is 10.4 Å². The van der Waals surface area contributed by atoms with Crippen molar-refractivity contribution in [3.05, 3.63) is 24.4 Å². The predicted octanol–water partition coefficient (Wildman–Crippen LogP) is 2.73. The lowest BCUT2D eigenvalue weighted by atomic mass is 9.93. The molecule has 0 spiro atoms. The molecule has 0 fully saturated rings. The van der Waals surface area contributed by atoms with Crippen LogP contribution in [0.1, 0.15) is 13.8 Å². The molecule has 2 heteroatoms. The van der Waals surface area contributed by atoms with E-state index in [9.17, 15) is 0 Å². The topological polar surface area (TPSA) is 12.4 Å². The number of allylic oxidation sites excluding steroid dienone is 3. The Hall–Kier alpha value is -0.560. The van der Waals surface area contributed by atoms with Gasteiger partial charge in [0, 0.05) is 11.6 Å². The van der Waals surface area contributed by atoms with Gasteiger partial charge in [0.1, 0.15) is 5.17 Å². The van der Waals surface area contributed by atoms with E-state index in [4.69, 9.17) is 11.6 Å². The third-order valence-electron chi connectivity index (χ3n) is 1.35. The van der Waals surface area contributed by atoms with E-state index in [1.807, 2.05) is 18.2 Å². The summed E-state index contributed by atoms with van der Waals surface area (Å²) in [6.07, 6.45) is 7.60. The molecule has 0 atom stereocenters. The van der Waals surface area contributed by atoms with Crippen LogP contribution in [0.25, 0.3) is 0 Å². The molecule has 0 aromatic heterocycles. The smallest absolute Gasteiger partial charge is 0.128 e. The number of hydrogen-bond acceptors (Lipinski definition) is 1. The molecule has 54 valence electrons. The van der Waals surface area contributed by atoms with E-state index in [1.54, 1.807) is 6.20 Å². The van der Waals surface area contributed by atoms with E-state index >= 15 is 0 Å². The molecule has 0 saturated heterocycles. The molecule has 0 aromatic carbocycles. The fraction of sp³-hybridized carbons (Fsp3) is 0.375. The molecule has 1 heterocycles. The Labute approximate surface area is 66.1 Å². The van der Waals surface area contributed by atoms with Crippen LogP contribution in [0, 0.1) is 5.41 Å². The van der Waals surface area contributed by atoms with Crippen LogP contribution in [0.4, 0.5) is 0 Å². The number of aliphatic imine (C=N–C) groups is 1. The largest absolute Gasteiger partial charge is 0.245 e. The molecule has 0 unspecified atom stereocenters. The van der Waals surface area contributed by atoms with Crippen molar-refractivity contribution in [1.29, 1.82) is 0 Å². The summed E-state index contributed by atoms with van der Waals surface area (Å²) in [5.74, 6) is 0. The molecule has 1 aliphatic rings. The fourth-order valence-electron chi connectivity index (χ4n) is 0.683. The normalized spacial score (nSPS) is 22.1. The maximum atomic E-state index is 5.66. The van der Waals surface area contributed by atoms with E-state index in [-0.39, 0.29) is 5.41 Å². The van der Waals surface area contributed by atoms with Gasteiger partial charge in [0.25, 0.3) is 0 Å². The quantitative estimate of drug-likeness (QED) is 0.510. The van der Waals surface area contributed by atoms with E-state index in [1.165, 1.54) is 0 Å². The van der Waals surface area contributed by atoms with E-state index in [0.717, 1.165) is 0 Å². The van der Waals surface area contributed by atoms with Crippen LogP contribution in [-0.2, 0) is 0 Å². The van der Waals surface area contributed by atoms with Crippen LogP contribution >= 0.6 is 11.6 Å². The molecular formula is C8H10ClN. The van der Waals surface area contributed by atoms with Gasteiger partial charge < -0.3 is 0 Å². The van der Waals surface area contributed by atoms with Gasteiger partial charge in [-0.1, -0.05) is 37.6 Å². The Morgan fingerprint density at radius 2 is 2.10 bits per heavy atom. The fourth-order valence-corrected chi connectivity index (χ4v) is 0.802. The van der Waals surface area contributed by atoms with Gasteiger partial charge in [0.15, 0.2) is 0 Å². The first-order valence-electron chi connectivity index (χ1n) is 3.20. The number of halogens is 1. The van der Waals surface area contributed by atoms with Crippen LogP contribution in [0.15, 0.2) is 29.4 Å². The van der Waals surface area contributed by atoms with Crippen LogP contribution in [0.2, 0.25) is 0 Å². The molecule has 10 heavy (non-hydrogen) atoms. The van der Waals surface area contributed by atoms with Gasteiger partial charge in [-0.15, -0.1) is 0 Å². The molecule has 0 bridgehead atoms. The average Bonchev–Trinajstić information content (AvgIpc) is 1.94. The van der Waals surface area contributed by atoms with Crippen molar-refractivity contribution >= 4 is 16.8 Å². The maximum Gasteiger partial charge on any atom is 0.128 e. The highest BCUT2D eigenvalue weighted by Gasteiger charge is 2.09. The van der Waals surface area contributed by atoms with Crippen LogP contribution in [0.5, 0.6) is 0 Å². The summed E-state index contributed by atoms with van der Waals surface area (Å²) in [7, 11) is 0. The summed E-state index contributed by atoms with van der Waals surface area (Å²) in [6.45, 7) is 4.20. The monoisotopic (exact) mass is 155 g/mol. The molecule has 1 nitrogen and oxygen atoms in total. The van der Waals surface area contributed by atoms with Crippen molar-refractivity contribution in [3.63, 3.8) is 0 Å². The highest BCUT2D eigenvalue weighted by atomic mass is 35.5. The first-order chi connectivity index (χ1) is 4.60. The lowest BCUT2D eigenvalue weighted by Crippen LogP contribution is -2.00. The SMILES string of the molecule is CC1(C)C=CN=C(Cl)C=C1. The molecule has 0 saturated carbocycles. The lowest BCUT2D eigenvalue weighted by molar-refractivity contribution is 0.626. The first kappa shape index (κ1) is 7.55.